The SMILES string of the molecule is CCCCCC1(C2CCC(CCC)CC2)CCC(c2ccc(-c3ccccc3)cc2)CC1. The van der Waals surface area contributed by atoms with E-state index in [2.05, 4.69) is 68.4 Å². The van der Waals surface area contributed by atoms with Crippen molar-refractivity contribution in [3.63, 3.8) is 0 Å². The van der Waals surface area contributed by atoms with Gasteiger partial charge in [-0.3, -0.25) is 0 Å². The molecule has 0 radical (unpaired) electrons. The third kappa shape index (κ3) is 5.67. The standard InChI is InChI=1S/C32H46/c1-3-5-9-23-32(31-19-13-26(10-4-2)14-20-31)24-21-30(22-25-32)29-17-15-28(16-18-29)27-11-7-6-8-12-27/h6-8,11-12,15-18,26,30-31H,3-5,9-10,13-14,19-25H2,1-2H3. The van der Waals surface area contributed by atoms with E-state index in [0.29, 0.717) is 5.41 Å². The molecule has 2 fully saturated rings. The lowest BCUT2D eigenvalue weighted by molar-refractivity contribution is 0.0369. The lowest BCUT2D eigenvalue weighted by Gasteiger charge is -2.48. The fourth-order valence-electron chi connectivity index (χ4n) is 7.17. The molecule has 2 aliphatic rings. The highest BCUT2D eigenvalue weighted by molar-refractivity contribution is 5.63. The lowest BCUT2D eigenvalue weighted by Crippen LogP contribution is -2.37. The minimum atomic E-state index is 0.660. The van der Waals surface area contributed by atoms with E-state index >= 15 is 0 Å². The summed E-state index contributed by atoms with van der Waals surface area (Å²) in [5, 5.41) is 0. The van der Waals surface area contributed by atoms with Gasteiger partial charge in [0, 0.05) is 0 Å². The van der Waals surface area contributed by atoms with Gasteiger partial charge in [-0.05, 0) is 84.8 Å². The minimum Gasteiger partial charge on any atom is -0.0654 e. The molecule has 2 aromatic carbocycles. The van der Waals surface area contributed by atoms with E-state index in [1.54, 1.807) is 5.56 Å². The first-order valence-electron chi connectivity index (χ1n) is 13.9. The van der Waals surface area contributed by atoms with E-state index in [1.165, 1.54) is 101 Å². The molecule has 0 bridgehead atoms. The second-order valence-corrected chi connectivity index (χ2v) is 11.1. The Bertz CT molecular complexity index is 771. The van der Waals surface area contributed by atoms with Crippen molar-refractivity contribution in [3.8, 4) is 11.1 Å². The maximum Gasteiger partial charge on any atom is -0.0162 e. The molecule has 0 nitrogen and oxygen atoms in total. The first-order valence-corrected chi connectivity index (χ1v) is 13.9. The molecule has 0 amide bonds. The van der Waals surface area contributed by atoms with Crippen LogP contribution in [0.15, 0.2) is 54.6 Å². The second-order valence-electron chi connectivity index (χ2n) is 11.1. The molecule has 32 heavy (non-hydrogen) atoms. The summed E-state index contributed by atoms with van der Waals surface area (Å²) >= 11 is 0. The van der Waals surface area contributed by atoms with Crippen molar-refractivity contribution in [2.45, 2.75) is 110 Å². The summed E-state index contributed by atoms with van der Waals surface area (Å²) < 4.78 is 0. The summed E-state index contributed by atoms with van der Waals surface area (Å²) in [6.07, 6.45) is 20.4. The Labute approximate surface area is 198 Å². The van der Waals surface area contributed by atoms with Gasteiger partial charge in [-0.1, -0.05) is 113 Å². The van der Waals surface area contributed by atoms with Gasteiger partial charge in [0.25, 0.3) is 0 Å². The normalized spacial score (nSPS) is 28.5. The number of unbranched alkanes of at least 4 members (excludes halogenated alkanes) is 2. The second kappa shape index (κ2) is 11.5. The van der Waals surface area contributed by atoms with Gasteiger partial charge < -0.3 is 0 Å². The highest BCUT2D eigenvalue weighted by Crippen LogP contribution is 2.55. The molecule has 2 aliphatic carbocycles. The van der Waals surface area contributed by atoms with E-state index in [4.69, 9.17) is 0 Å². The minimum absolute atomic E-state index is 0.660. The summed E-state index contributed by atoms with van der Waals surface area (Å²) in [6.45, 7) is 4.73. The van der Waals surface area contributed by atoms with Gasteiger partial charge in [0.05, 0.1) is 0 Å². The number of benzene rings is 2. The average molecular weight is 431 g/mol. The summed E-state index contributed by atoms with van der Waals surface area (Å²) in [7, 11) is 0. The van der Waals surface area contributed by atoms with Crippen molar-refractivity contribution < 1.29 is 0 Å². The monoisotopic (exact) mass is 430 g/mol. The molecule has 0 unspecified atom stereocenters. The van der Waals surface area contributed by atoms with Gasteiger partial charge in [0.2, 0.25) is 0 Å². The number of rotatable bonds is 9. The van der Waals surface area contributed by atoms with Gasteiger partial charge >= 0.3 is 0 Å². The number of hydrogen-bond acceptors (Lipinski definition) is 0. The molecule has 0 N–H and O–H groups in total. The van der Waals surface area contributed by atoms with Crippen molar-refractivity contribution in [1.82, 2.24) is 0 Å². The van der Waals surface area contributed by atoms with E-state index in [-0.39, 0.29) is 0 Å². The lowest BCUT2D eigenvalue weighted by atomic mass is 9.57. The quantitative estimate of drug-likeness (QED) is 0.347. The van der Waals surface area contributed by atoms with E-state index in [1.807, 2.05) is 0 Å². The van der Waals surface area contributed by atoms with Gasteiger partial charge in [-0.15, -0.1) is 0 Å². The average Bonchev–Trinajstić information content (AvgIpc) is 2.86. The van der Waals surface area contributed by atoms with Crippen LogP contribution >= 0.6 is 0 Å². The van der Waals surface area contributed by atoms with Gasteiger partial charge in [-0.25, -0.2) is 0 Å². The molecule has 174 valence electrons. The van der Waals surface area contributed by atoms with Crippen molar-refractivity contribution in [2.24, 2.45) is 17.3 Å². The van der Waals surface area contributed by atoms with E-state index in [9.17, 15) is 0 Å². The largest absolute Gasteiger partial charge is 0.0654 e. The summed E-state index contributed by atoms with van der Waals surface area (Å²) in [6, 6.07) is 20.4. The van der Waals surface area contributed by atoms with Crippen LogP contribution in [0.5, 0.6) is 0 Å². The van der Waals surface area contributed by atoms with Crippen molar-refractivity contribution in [3.05, 3.63) is 60.2 Å². The molecule has 0 atom stereocenters. The molecule has 0 aliphatic heterocycles. The summed E-state index contributed by atoms with van der Waals surface area (Å²) in [4.78, 5) is 0. The van der Waals surface area contributed by atoms with Crippen LogP contribution in [0.25, 0.3) is 11.1 Å². The maximum absolute atomic E-state index is 2.42. The van der Waals surface area contributed by atoms with Crippen LogP contribution in [-0.4, -0.2) is 0 Å². The highest BCUT2D eigenvalue weighted by Gasteiger charge is 2.42. The number of hydrogen-bond donors (Lipinski definition) is 0. The molecule has 2 saturated carbocycles. The van der Waals surface area contributed by atoms with Crippen LogP contribution in [0.2, 0.25) is 0 Å². The predicted octanol–water partition coefficient (Wildman–Crippen LogP) is 10.2. The maximum atomic E-state index is 2.42. The van der Waals surface area contributed by atoms with E-state index < -0.39 is 0 Å². The molecular formula is C32H46. The third-order valence-electron chi connectivity index (χ3n) is 9.16. The smallest absolute Gasteiger partial charge is 0.0162 e. The molecule has 0 spiro atoms. The predicted molar refractivity (Wildman–Crippen MR) is 140 cm³/mol. The zero-order valence-corrected chi connectivity index (χ0v) is 20.8. The Morgan fingerprint density at radius 1 is 0.688 bits per heavy atom. The molecule has 0 saturated heterocycles. The van der Waals surface area contributed by atoms with Crippen LogP contribution in [0, 0.1) is 17.3 Å². The van der Waals surface area contributed by atoms with Gasteiger partial charge in [-0.2, -0.15) is 0 Å². The van der Waals surface area contributed by atoms with Gasteiger partial charge in [0.15, 0.2) is 0 Å². The van der Waals surface area contributed by atoms with Crippen molar-refractivity contribution in [2.75, 3.05) is 0 Å². The molecule has 4 rings (SSSR count). The van der Waals surface area contributed by atoms with Crippen molar-refractivity contribution >= 4 is 0 Å². The Morgan fingerprint density at radius 2 is 1.34 bits per heavy atom. The first-order chi connectivity index (χ1) is 15.7. The van der Waals surface area contributed by atoms with Crippen LogP contribution in [0.4, 0.5) is 0 Å². The highest BCUT2D eigenvalue weighted by atomic mass is 14.5. The Balaban J connectivity index is 1.39. The topological polar surface area (TPSA) is 0 Å². The Morgan fingerprint density at radius 3 is 1.97 bits per heavy atom. The Kier molecular flexibility index (Phi) is 8.50. The summed E-state index contributed by atoms with van der Waals surface area (Å²) in [5.41, 5.74) is 4.92. The third-order valence-corrected chi connectivity index (χ3v) is 9.16. The Hall–Kier alpha value is -1.56. The van der Waals surface area contributed by atoms with Crippen LogP contribution in [0.3, 0.4) is 0 Å². The fourth-order valence-corrected chi connectivity index (χ4v) is 7.17. The van der Waals surface area contributed by atoms with Crippen LogP contribution in [0.1, 0.15) is 115 Å². The zero-order valence-electron chi connectivity index (χ0n) is 20.8. The van der Waals surface area contributed by atoms with E-state index in [0.717, 1.165) is 17.8 Å². The molecule has 0 aromatic heterocycles. The first kappa shape index (κ1) is 23.6. The molecule has 0 heteroatoms. The molecular weight excluding hydrogens is 384 g/mol. The van der Waals surface area contributed by atoms with Crippen molar-refractivity contribution in [1.29, 1.82) is 0 Å². The van der Waals surface area contributed by atoms with Crippen LogP contribution in [-0.2, 0) is 0 Å². The molecule has 2 aromatic rings. The fraction of sp³-hybridized carbons (Fsp3) is 0.625. The van der Waals surface area contributed by atoms with Gasteiger partial charge in [0.1, 0.15) is 0 Å². The summed E-state index contributed by atoms with van der Waals surface area (Å²) in [5.74, 6) is 2.81. The molecule has 0 heterocycles. The van der Waals surface area contributed by atoms with Crippen LogP contribution < -0.4 is 0 Å². The zero-order chi connectivity index (χ0) is 22.2.